The molecule has 1 saturated carbocycles. The van der Waals surface area contributed by atoms with Gasteiger partial charge in [-0.1, -0.05) is 18.6 Å². The maximum absolute atomic E-state index is 12.6. The second-order valence-corrected chi connectivity index (χ2v) is 6.07. The highest BCUT2D eigenvalue weighted by molar-refractivity contribution is 6.10. The average Bonchev–Trinajstić information content (AvgIpc) is 2.55. The maximum atomic E-state index is 12.6. The monoisotopic (exact) mass is 338 g/mol. The van der Waals surface area contributed by atoms with Crippen LogP contribution in [-0.4, -0.2) is 18.4 Å². The molecule has 3 rings (SSSR count). The summed E-state index contributed by atoms with van der Waals surface area (Å²) in [6.45, 7) is 2.52. The third-order valence-electron chi connectivity index (χ3n) is 4.33. The van der Waals surface area contributed by atoms with E-state index < -0.39 is 0 Å². The van der Waals surface area contributed by atoms with E-state index in [1.807, 2.05) is 25.1 Å². The van der Waals surface area contributed by atoms with Crippen LogP contribution in [0.3, 0.4) is 0 Å². The van der Waals surface area contributed by atoms with Gasteiger partial charge in [0.1, 0.15) is 5.75 Å². The van der Waals surface area contributed by atoms with Gasteiger partial charge in [-0.05, 0) is 56.2 Å². The molecule has 0 bridgehead atoms. The highest BCUT2D eigenvalue weighted by Crippen LogP contribution is 2.28. The van der Waals surface area contributed by atoms with Gasteiger partial charge in [-0.2, -0.15) is 0 Å². The second kappa shape index (κ2) is 7.83. The van der Waals surface area contributed by atoms with E-state index in [9.17, 15) is 9.59 Å². The number of rotatable bonds is 6. The summed E-state index contributed by atoms with van der Waals surface area (Å²) < 4.78 is 5.39. The molecule has 130 valence electrons. The van der Waals surface area contributed by atoms with E-state index in [1.54, 1.807) is 30.3 Å². The molecule has 1 aliphatic rings. The molecule has 1 aliphatic carbocycles. The fourth-order valence-corrected chi connectivity index (χ4v) is 2.69. The molecule has 0 heterocycles. The van der Waals surface area contributed by atoms with Crippen LogP contribution in [0.15, 0.2) is 48.5 Å². The van der Waals surface area contributed by atoms with E-state index in [0.29, 0.717) is 23.5 Å². The topological polar surface area (TPSA) is 67.4 Å². The lowest BCUT2D eigenvalue weighted by Gasteiger charge is -2.24. The van der Waals surface area contributed by atoms with Crippen LogP contribution in [-0.2, 0) is 4.79 Å². The summed E-state index contributed by atoms with van der Waals surface area (Å²) in [4.78, 5) is 24.8. The zero-order valence-electron chi connectivity index (χ0n) is 14.2. The number of carbonyl (C=O) groups excluding carboxylic acids is 2. The predicted octanol–water partition coefficient (Wildman–Crippen LogP) is 4.08. The Labute approximate surface area is 147 Å². The van der Waals surface area contributed by atoms with E-state index in [2.05, 4.69) is 10.6 Å². The van der Waals surface area contributed by atoms with E-state index >= 15 is 0 Å². The lowest BCUT2D eigenvalue weighted by atomic mass is 9.85. The molecular formula is C20H22N2O3. The molecule has 2 aromatic rings. The Bertz CT molecular complexity index is 752. The minimum absolute atomic E-state index is 0.00688. The quantitative estimate of drug-likeness (QED) is 0.834. The zero-order chi connectivity index (χ0) is 17.6. The molecule has 5 nitrogen and oxygen atoms in total. The molecule has 0 radical (unpaired) electrons. The number of hydrogen-bond donors (Lipinski definition) is 2. The molecule has 0 atom stereocenters. The molecule has 5 heteroatoms. The first-order valence-electron chi connectivity index (χ1n) is 8.61. The van der Waals surface area contributed by atoms with Crippen LogP contribution in [0.4, 0.5) is 11.4 Å². The van der Waals surface area contributed by atoms with Gasteiger partial charge in [0, 0.05) is 11.6 Å². The van der Waals surface area contributed by atoms with Crippen molar-refractivity contribution in [3.8, 4) is 5.75 Å². The first kappa shape index (κ1) is 17.0. The minimum atomic E-state index is -0.256. The molecular weight excluding hydrogens is 316 g/mol. The number of nitrogens with one attached hydrogen (secondary N) is 2. The van der Waals surface area contributed by atoms with Crippen molar-refractivity contribution in [1.82, 2.24) is 0 Å². The first-order chi connectivity index (χ1) is 12.2. The van der Waals surface area contributed by atoms with Gasteiger partial charge >= 0.3 is 0 Å². The van der Waals surface area contributed by atoms with Crippen LogP contribution in [0.25, 0.3) is 0 Å². The number of hydrogen-bond acceptors (Lipinski definition) is 3. The zero-order valence-corrected chi connectivity index (χ0v) is 14.2. The minimum Gasteiger partial charge on any atom is -0.494 e. The molecule has 0 aliphatic heterocycles. The van der Waals surface area contributed by atoms with Gasteiger partial charge in [0.25, 0.3) is 5.91 Å². The highest BCUT2D eigenvalue weighted by Gasteiger charge is 2.26. The SMILES string of the molecule is CCOc1ccc(NC(=O)c2ccccc2NC(=O)C2CCC2)cc1. The highest BCUT2D eigenvalue weighted by atomic mass is 16.5. The standard InChI is InChI=1S/C20H22N2O3/c1-2-25-16-12-10-15(11-13-16)21-20(24)17-8-3-4-9-18(17)22-19(23)14-6-5-7-14/h3-4,8-14H,2,5-7H2,1H3,(H,21,24)(H,22,23). The Morgan fingerprint density at radius 3 is 2.40 bits per heavy atom. The van der Waals surface area contributed by atoms with Crippen LogP contribution in [0, 0.1) is 5.92 Å². The summed E-state index contributed by atoms with van der Waals surface area (Å²) in [6, 6.07) is 14.3. The van der Waals surface area contributed by atoms with Crippen LogP contribution >= 0.6 is 0 Å². The number of carbonyl (C=O) groups is 2. The summed E-state index contributed by atoms with van der Waals surface area (Å²) in [5.74, 6) is 0.567. The van der Waals surface area contributed by atoms with Crippen molar-refractivity contribution in [1.29, 1.82) is 0 Å². The van der Waals surface area contributed by atoms with Crippen LogP contribution in [0.2, 0.25) is 0 Å². The van der Waals surface area contributed by atoms with Gasteiger partial charge < -0.3 is 15.4 Å². The van der Waals surface area contributed by atoms with Crippen LogP contribution in [0.1, 0.15) is 36.5 Å². The lowest BCUT2D eigenvalue weighted by Crippen LogP contribution is -2.29. The molecule has 2 aromatic carbocycles. The molecule has 0 spiro atoms. The summed E-state index contributed by atoms with van der Waals surface area (Å²) in [6.07, 6.45) is 2.94. The molecule has 0 saturated heterocycles. The molecule has 1 fully saturated rings. The lowest BCUT2D eigenvalue weighted by molar-refractivity contribution is -0.122. The van der Waals surface area contributed by atoms with Gasteiger partial charge in [-0.3, -0.25) is 9.59 Å². The third-order valence-corrected chi connectivity index (χ3v) is 4.33. The number of anilines is 2. The Morgan fingerprint density at radius 2 is 1.76 bits per heavy atom. The average molecular weight is 338 g/mol. The Kier molecular flexibility index (Phi) is 5.33. The van der Waals surface area contributed by atoms with Crippen molar-refractivity contribution in [2.75, 3.05) is 17.2 Å². The van der Waals surface area contributed by atoms with E-state index in [1.165, 1.54) is 0 Å². The maximum Gasteiger partial charge on any atom is 0.257 e. The Morgan fingerprint density at radius 1 is 1.04 bits per heavy atom. The van der Waals surface area contributed by atoms with Crippen molar-refractivity contribution in [3.05, 3.63) is 54.1 Å². The fourth-order valence-electron chi connectivity index (χ4n) is 2.69. The van der Waals surface area contributed by atoms with Gasteiger partial charge in [0.2, 0.25) is 5.91 Å². The first-order valence-corrected chi connectivity index (χ1v) is 8.61. The largest absolute Gasteiger partial charge is 0.494 e. The number of ether oxygens (including phenoxy) is 1. The van der Waals surface area contributed by atoms with E-state index in [0.717, 1.165) is 25.0 Å². The van der Waals surface area contributed by atoms with Crippen molar-refractivity contribution in [2.45, 2.75) is 26.2 Å². The van der Waals surface area contributed by atoms with Gasteiger partial charge in [-0.15, -0.1) is 0 Å². The van der Waals surface area contributed by atoms with Crippen molar-refractivity contribution in [2.24, 2.45) is 5.92 Å². The molecule has 2 N–H and O–H groups in total. The number of amides is 2. The van der Waals surface area contributed by atoms with Crippen LogP contribution < -0.4 is 15.4 Å². The summed E-state index contributed by atoms with van der Waals surface area (Å²) in [5, 5.41) is 5.74. The van der Waals surface area contributed by atoms with Gasteiger partial charge in [0.05, 0.1) is 17.9 Å². The number of benzene rings is 2. The fraction of sp³-hybridized carbons (Fsp3) is 0.300. The van der Waals surface area contributed by atoms with Crippen molar-refractivity contribution in [3.63, 3.8) is 0 Å². The third kappa shape index (κ3) is 4.18. The Hall–Kier alpha value is -2.82. The summed E-state index contributed by atoms with van der Waals surface area (Å²) in [7, 11) is 0. The van der Waals surface area contributed by atoms with Crippen molar-refractivity contribution >= 4 is 23.2 Å². The Balaban J connectivity index is 1.70. The smallest absolute Gasteiger partial charge is 0.257 e. The molecule has 25 heavy (non-hydrogen) atoms. The summed E-state index contributed by atoms with van der Waals surface area (Å²) in [5.41, 5.74) is 1.67. The normalized spacial score (nSPS) is 13.6. The predicted molar refractivity (Wildman–Crippen MR) is 98.0 cm³/mol. The van der Waals surface area contributed by atoms with Gasteiger partial charge in [0.15, 0.2) is 0 Å². The molecule has 0 aromatic heterocycles. The second-order valence-electron chi connectivity index (χ2n) is 6.07. The summed E-state index contributed by atoms with van der Waals surface area (Å²) >= 11 is 0. The van der Waals surface area contributed by atoms with Crippen molar-refractivity contribution < 1.29 is 14.3 Å². The van der Waals surface area contributed by atoms with Crippen LogP contribution in [0.5, 0.6) is 5.75 Å². The molecule has 2 amide bonds. The van der Waals surface area contributed by atoms with Gasteiger partial charge in [-0.25, -0.2) is 0 Å². The van der Waals surface area contributed by atoms with E-state index in [-0.39, 0.29) is 17.7 Å². The molecule has 0 unspecified atom stereocenters. The van der Waals surface area contributed by atoms with E-state index in [4.69, 9.17) is 4.74 Å². The number of para-hydroxylation sites is 1.